The number of aromatic amines is 1. The van der Waals surface area contributed by atoms with Gasteiger partial charge < -0.3 is 10.7 Å². The zero-order valence-corrected chi connectivity index (χ0v) is 10.9. The van der Waals surface area contributed by atoms with Crippen molar-refractivity contribution in [1.82, 2.24) is 4.98 Å². The highest BCUT2D eigenvalue weighted by atomic mass is 14.7. The lowest BCUT2D eigenvalue weighted by Gasteiger charge is -2.06. The fourth-order valence-corrected chi connectivity index (χ4v) is 2.79. The summed E-state index contributed by atoms with van der Waals surface area (Å²) >= 11 is 0. The predicted octanol–water partition coefficient (Wildman–Crippen LogP) is 4.57. The van der Waals surface area contributed by atoms with Gasteiger partial charge in [-0.3, -0.25) is 0 Å². The molecule has 0 fully saturated rings. The van der Waals surface area contributed by atoms with Gasteiger partial charge in [0, 0.05) is 33.2 Å². The molecule has 0 aliphatic heterocycles. The maximum absolute atomic E-state index is 6.07. The molecule has 4 aromatic rings. The number of anilines is 1. The number of benzene rings is 3. The molecule has 0 saturated carbocycles. The fraction of sp³-hybridized carbons (Fsp3) is 0. The Kier molecular flexibility index (Phi) is 2.30. The summed E-state index contributed by atoms with van der Waals surface area (Å²) in [5, 5.41) is 3.51. The second-order valence-corrected chi connectivity index (χ2v) is 5.02. The first-order valence-electron chi connectivity index (χ1n) is 6.68. The molecule has 3 N–H and O–H groups in total. The minimum atomic E-state index is 0.820. The van der Waals surface area contributed by atoms with Gasteiger partial charge in [-0.15, -0.1) is 0 Å². The first-order valence-corrected chi connectivity index (χ1v) is 6.68. The average molecular weight is 258 g/mol. The van der Waals surface area contributed by atoms with Crippen LogP contribution in [-0.2, 0) is 0 Å². The fourth-order valence-electron chi connectivity index (χ4n) is 2.79. The van der Waals surface area contributed by atoms with Crippen molar-refractivity contribution in [1.29, 1.82) is 0 Å². The summed E-state index contributed by atoms with van der Waals surface area (Å²) in [7, 11) is 0. The topological polar surface area (TPSA) is 41.8 Å². The molecule has 0 unspecified atom stereocenters. The number of nitrogens with two attached hydrogens (primary N) is 1. The number of fused-ring (bicyclic) bond motifs is 2. The van der Waals surface area contributed by atoms with E-state index in [1.807, 2.05) is 18.2 Å². The molecule has 96 valence electrons. The van der Waals surface area contributed by atoms with Crippen LogP contribution < -0.4 is 5.73 Å². The third kappa shape index (κ3) is 1.58. The lowest BCUT2D eigenvalue weighted by Crippen LogP contribution is -1.88. The van der Waals surface area contributed by atoms with Crippen LogP contribution in [0.4, 0.5) is 5.69 Å². The molecule has 0 bridgehead atoms. The molecule has 1 aromatic heterocycles. The highest BCUT2D eigenvalue weighted by molar-refractivity contribution is 6.03. The molecule has 0 radical (unpaired) electrons. The highest BCUT2D eigenvalue weighted by Crippen LogP contribution is 2.32. The zero-order chi connectivity index (χ0) is 13.5. The van der Waals surface area contributed by atoms with Gasteiger partial charge in [-0.05, 0) is 23.6 Å². The van der Waals surface area contributed by atoms with Crippen LogP contribution in [0.3, 0.4) is 0 Å². The number of H-pyrrole nitrogens is 1. The van der Waals surface area contributed by atoms with Gasteiger partial charge in [0.2, 0.25) is 0 Å². The van der Waals surface area contributed by atoms with E-state index in [0.29, 0.717) is 0 Å². The van der Waals surface area contributed by atoms with E-state index < -0.39 is 0 Å². The second-order valence-electron chi connectivity index (χ2n) is 5.02. The minimum Gasteiger partial charge on any atom is -0.398 e. The Bertz CT molecular complexity index is 886. The Labute approximate surface area is 116 Å². The monoisotopic (exact) mass is 258 g/mol. The van der Waals surface area contributed by atoms with Crippen molar-refractivity contribution in [3.05, 3.63) is 66.7 Å². The maximum Gasteiger partial charge on any atom is 0.0471 e. The van der Waals surface area contributed by atoms with Gasteiger partial charge in [0.25, 0.3) is 0 Å². The van der Waals surface area contributed by atoms with Crippen molar-refractivity contribution in [2.45, 2.75) is 0 Å². The number of nitrogens with one attached hydrogen (secondary N) is 1. The standard InChI is InChI=1S/C18H14N2/c19-16-9-4-6-13-14(16)7-3-8-15(13)18-11-12-5-1-2-10-17(12)20-18/h1-11,20H,19H2. The van der Waals surface area contributed by atoms with Crippen molar-refractivity contribution < 1.29 is 0 Å². The molecular weight excluding hydrogens is 244 g/mol. The Morgan fingerprint density at radius 1 is 0.750 bits per heavy atom. The average Bonchev–Trinajstić information content (AvgIpc) is 2.91. The van der Waals surface area contributed by atoms with Crippen LogP contribution in [0.1, 0.15) is 0 Å². The van der Waals surface area contributed by atoms with Crippen molar-refractivity contribution >= 4 is 27.4 Å². The number of aromatic nitrogens is 1. The summed E-state index contributed by atoms with van der Waals surface area (Å²) in [4.78, 5) is 3.48. The maximum atomic E-state index is 6.07. The van der Waals surface area contributed by atoms with E-state index in [0.717, 1.165) is 22.3 Å². The van der Waals surface area contributed by atoms with E-state index in [1.165, 1.54) is 16.3 Å². The van der Waals surface area contributed by atoms with E-state index >= 15 is 0 Å². The molecule has 20 heavy (non-hydrogen) atoms. The van der Waals surface area contributed by atoms with Crippen molar-refractivity contribution in [2.75, 3.05) is 5.73 Å². The highest BCUT2D eigenvalue weighted by Gasteiger charge is 2.07. The molecule has 0 aliphatic rings. The molecule has 0 atom stereocenters. The van der Waals surface area contributed by atoms with Gasteiger partial charge >= 0.3 is 0 Å². The Hall–Kier alpha value is -2.74. The third-order valence-corrected chi connectivity index (χ3v) is 3.78. The lowest BCUT2D eigenvalue weighted by atomic mass is 10.0. The van der Waals surface area contributed by atoms with Gasteiger partial charge in [0.15, 0.2) is 0 Å². The van der Waals surface area contributed by atoms with Gasteiger partial charge in [-0.1, -0.05) is 48.5 Å². The van der Waals surface area contributed by atoms with Crippen molar-refractivity contribution in [3.63, 3.8) is 0 Å². The summed E-state index contributed by atoms with van der Waals surface area (Å²) in [6.45, 7) is 0. The van der Waals surface area contributed by atoms with Crippen LogP contribution in [0, 0.1) is 0 Å². The van der Waals surface area contributed by atoms with Crippen molar-refractivity contribution in [3.8, 4) is 11.3 Å². The van der Waals surface area contributed by atoms with Gasteiger partial charge in [-0.2, -0.15) is 0 Å². The SMILES string of the molecule is Nc1cccc2c(-c3cc4ccccc4[nH]3)cccc12. The third-order valence-electron chi connectivity index (χ3n) is 3.78. The first kappa shape index (κ1) is 11.1. The zero-order valence-electron chi connectivity index (χ0n) is 10.9. The minimum absolute atomic E-state index is 0.820. The van der Waals surface area contributed by atoms with E-state index in [9.17, 15) is 0 Å². The van der Waals surface area contributed by atoms with Gasteiger partial charge in [-0.25, -0.2) is 0 Å². The van der Waals surface area contributed by atoms with Crippen LogP contribution >= 0.6 is 0 Å². The summed E-state index contributed by atoms with van der Waals surface area (Å²) in [5.41, 5.74) is 10.4. The van der Waals surface area contributed by atoms with Gasteiger partial charge in [0.05, 0.1) is 0 Å². The Morgan fingerprint density at radius 2 is 1.55 bits per heavy atom. The first-order chi connectivity index (χ1) is 9.83. The Balaban J connectivity index is 2.04. The molecule has 0 saturated heterocycles. The summed E-state index contributed by atoms with van der Waals surface area (Å²) in [6, 6.07) is 22.8. The quantitative estimate of drug-likeness (QED) is 0.482. The smallest absolute Gasteiger partial charge is 0.0471 e. The predicted molar refractivity (Wildman–Crippen MR) is 85.7 cm³/mol. The molecule has 0 aliphatic carbocycles. The van der Waals surface area contributed by atoms with E-state index in [-0.39, 0.29) is 0 Å². The summed E-state index contributed by atoms with van der Waals surface area (Å²) in [6.07, 6.45) is 0. The number of rotatable bonds is 1. The summed E-state index contributed by atoms with van der Waals surface area (Å²) < 4.78 is 0. The van der Waals surface area contributed by atoms with E-state index in [2.05, 4.69) is 53.5 Å². The van der Waals surface area contributed by atoms with Crippen LogP contribution in [0.25, 0.3) is 32.9 Å². The molecule has 4 rings (SSSR count). The van der Waals surface area contributed by atoms with E-state index in [1.54, 1.807) is 0 Å². The van der Waals surface area contributed by atoms with Gasteiger partial charge in [0.1, 0.15) is 0 Å². The number of para-hydroxylation sites is 1. The normalized spacial score (nSPS) is 11.2. The summed E-state index contributed by atoms with van der Waals surface area (Å²) in [5.74, 6) is 0. The van der Waals surface area contributed by atoms with Crippen LogP contribution in [0.15, 0.2) is 66.7 Å². The molecule has 0 amide bonds. The number of hydrogen-bond donors (Lipinski definition) is 2. The molecule has 2 nitrogen and oxygen atoms in total. The molecule has 2 heteroatoms. The van der Waals surface area contributed by atoms with Crippen molar-refractivity contribution in [2.24, 2.45) is 0 Å². The molecule has 1 heterocycles. The van der Waals surface area contributed by atoms with Crippen LogP contribution in [0.5, 0.6) is 0 Å². The van der Waals surface area contributed by atoms with E-state index in [4.69, 9.17) is 5.73 Å². The molecule has 3 aromatic carbocycles. The second kappa shape index (κ2) is 4.14. The number of nitrogen functional groups attached to an aromatic ring is 1. The molecule has 0 spiro atoms. The largest absolute Gasteiger partial charge is 0.398 e. The molecular formula is C18H14N2. The van der Waals surface area contributed by atoms with Crippen LogP contribution in [-0.4, -0.2) is 4.98 Å². The lowest BCUT2D eigenvalue weighted by molar-refractivity contribution is 1.47. The van der Waals surface area contributed by atoms with Crippen LogP contribution in [0.2, 0.25) is 0 Å². The Morgan fingerprint density at radius 3 is 2.45 bits per heavy atom. The number of hydrogen-bond acceptors (Lipinski definition) is 1.